The van der Waals surface area contributed by atoms with E-state index in [1.165, 1.54) is 35.5 Å². The minimum Gasteiger partial charge on any atom is -0.369 e. The Kier molecular flexibility index (Phi) is 8.89. The Labute approximate surface area is 225 Å². The van der Waals surface area contributed by atoms with Crippen LogP contribution in [0.4, 0.5) is 17.1 Å². The molecule has 0 radical (unpaired) electrons. The lowest BCUT2D eigenvalue weighted by molar-refractivity contribution is 0.0919. The molecule has 2 fully saturated rings. The molecule has 8 nitrogen and oxygen atoms in total. The molecule has 6 N–H and O–H groups in total. The molecule has 0 bridgehead atoms. The number of hydrogen-bond donors (Lipinski definition) is 4. The van der Waals surface area contributed by atoms with Crippen LogP contribution in [-0.4, -0.2) is 69.2 Å². The summed E-state index contributed by atoms with van der Waals surface area (Å²) in [6.45, 7) is 7.28. The fraction of sp³-hybridized carbons (Fsp3) is 0.536. The largest absolute Gasteiger partial charge is 0.369 e. The van der Waals surface area contributed by atoms with Crippen LogP contribution in [0.2, 0.25) is 0 Å². The number of hydrogen-bond acceptors (Lipinski definition) is 8. The Hall–Kier alpha value is -2.30. The Morgan fingerprint density at radius 1 is 0.892 bits per heavy atom. The van der Waals surface area contributed by atoms with Gasteiger partial charge in [0.2, 0.25) is 0 Å². The Morgan fingerprint density at radius 3 is 2.35 bits per heavy atom. The van der Waals surface area contributed by atoms with Crippen molar-refractivity contribution in [1.82, 2.24) is 15.8 Å². The molecule has 2 aliphatic heterocycles. The number of anilines is 3. The lowest BCUT2D eigenvalue weighted by atomic mass is 9.96. The first kappa shape index (κ1) is 26.3. The molecule has 2 heterocycles. The molecule has 1 saturated heterocycles. The van der Waals surface area contributed by atoms with Crippen molar-refractivity contribution < 1.29 is 4.79 Å². The van der Waals surface area contributed by atoms with Crippen molar-refractivity contribution in [1.29, 1.82) is 0 Å². The summed E-state index contributed by atoms with van der Waals surface area (Å²) in [4.78, 5) is 22.6. The van der Waals surface area contributed by atoms with Crippen molar-refractivity contribution in [2.75, 3.05) is 62.2 Å². The highest BCUT2D eigenvalue weighted by molar-refractivity contribution is 7.99. The van der Waals surface area contributed by atoms with Gasteiger partial charge in [0.25, 0.3) is 5.91 Å². The number of nitrogens with zero attached hydrogens (tertiary/aromatic N) is 3. The monoisotopic (exact) mass is 523 g/mol. The van der Waals surface area contributed by atoms with E-state index >= 15 is 0 Å². The number of rotatable bonds is 9. The van der Waals surface area contributed by atoms with Crippen molar-refractivity contribution in [3.63, 3.8) is 0 Å². The molecule has 2 aromatic carbocycles. The summed E-state index contributed by atoms with van der Waals surface area (Å²) >= 11 is 1.76. The van der Waals surface area contributed by atoms with Crippen LogP contribution in [0.25, 0.3) is 0 Å². The van der Waals surface area contributed by atoms with Crippen LogP contribution < -0.4 is 32.1 Å². The van der Waals surface area contributed by atoms with Gasteiger partial charge in [-0.2, -0.15) is 0 Å². The minimum atomic E-state index is -0.0719. The molecule has 0 unspecified atom stereocenters. The number of benzene rings is 2. The van der Waals surface area contributed by atoms with Crippen molar-refractivity contribution in [2.45, 2.75) is 54.4 Å². The number of carbonyl (C=O) groups is 1. The van der Waals surface area contributed by atoms with Gasteiger partial charge in [0.05, 0.1) is 11.4 Å². The number of hydrazine groups is 1. The van der Waals surface area contributed by atoms with Gasteiger partial charge in [-0.1, -0.05) is 31.0 Å². The van der Waals surface area contributed by atoms with Crippen LogP contribution in [0.15, 0.2) is 46.2 Å². The lowest BCUT2D eigenvalue weighted by Crippen LogP contribution is -2.47. The summed E-state index contributed by atoms with van der Waals surface area (Å²) in [6, 6.07) is 13.2. The Morgan fingerprint density at radius 2 is 1.62 bits per heavy atom. The van der Waals surface area contributed by atoms with E-state index < -0.39 is 0 Å². The smallest absolute Gasteiger partial charge is 0.265 e. The maximum absolute atomic E-state index is 13.0. The van der Waals surface area contributed by atoms with Crippen LogP contribution in [0, 0.1) is 0 Å². The third kappa shape index (κ3) is 6.23. The van der Waals surface area contributed by atoms with Gasteiger partial charge in [0.15, 0.2) is 0 Å². The van der Waals surface area contributed by atoms with Crippen molar-refractivity contribution in [2.24, 2.45) is 11.5 Å². The van der Waals surface area contributed by atoms with Crippen LogP contribution in [-0.2, 0) is 0 Å². The molecule has 0 spiro atoms. The molecular weight excluding hydrogens is 482 g/mol. The average molecular weight is 524 g/mol. The zero-order chi connectivity index (χ0) is 25.6. The Balaban J connectivity index is 1.33. The van der Waals surface area contributed by atoms with E-state index in [1.807, 2.05) is 12.1 Å². The molecule has 2 aromatic rings. The quantitative estimate of drug-likeness (QED) is 0.372. The SMILES string of the molecule is NCCCN1c2ccc(C(=O)NNC3CCCCC3)cc2Sc2cc(N3CCN(CCN)CC3)ccc21. The fourth-order valence-corrected chi connectivity index (χ4v) is 6.77. The topological polar surface area (TPSA) is 103 Å². The maximum Gasteiger partial charge on any atom is 0.265 e. The molecule has 200 valence electrons. The van der Waals surface area contributed by atoms with E-state index in [2.05, 4.69) is 49.8 Å². The highest BCUT2D eigenvalue weighted by Crippen LogP contribution is 2.49. The van der Waals surface area contributed by atoms with Gasteiger partial charge in [-0.25, -0.2) is 5.43 Å². The molecular formula is C28H41N7OS. The first-order valence-electron chi connectivity index (χ1n) is 13.8. The van der Waals surface area contributed by atoms with Crippen LogP contribution in [0.1, 0.15) is 48.9 Å². The highest BCUT2D eigenvalue weighted by Gasteiger charge is 2.26. The van der Waals surface area contributed by atoms with Crippen LogP contribution in [0.3, 0.4) is 0 Å². The third-order valence-corrected chi connectivity index (χ3v) is 8.82. The lowest BCUT2D eigenvalue weighted by Gasteiger charge is -2.37. The van der Waals surface area contributed by atoms with Crippen molar-refractivity contribution in [3.8, 4) is 0 Å². The van der Waals surface area contributed by atoms with Gasteiger partial charge < -0.3 is 21.3 Å². The second-order valence-corrected chi connectivity index (χ2v) is 11.4. The molecule has 1 aliphatic carbocycles. The predicted octanol–water partition coefficient (Wildman–Crippen LogP) is 3.29. The first-order chi connectivity index (χ1) is 18.2. The minimum absolute atomic E-state index is 0.0719. The number of carbonyl (C=O) groups excluding carboxylic acids is 1. The summed E-state index contributed by atoms with van der Waals surface area (Å²) in [5.41, 5.74) is 22.2. The second kappa shape index (κ2) is 12.5. The Bertz CT molecular complexity index is 1070. The van der Waals surface area contributed by atoms with Crippen molar-refractivity contribution in [3.05, 3.63) is 42.0 Å². The van der Waals surface area contributed by atoms with E-state index in [9.17, 15) is 4.79 Å². The number of amides is 1. The molecule has 0 aromatic heterocycles. The van der Waals surface area contributed by atoms with E-state index in [0.717, 1.165) is 69.1 Å². The van der Waals surface area contributed by atoms with Gasteiger partial charge in [-0.05, 0) is 62.2 Å². The normalized spacial score (nSPS) is 18.4. The third-order valence-electron chi connectivity index (χ3n) is 7.73. The summed E-state index contributed by atoms with van der Waals surface area (Å²) in [5, 5.41) is 0. The van der Waals surface area contributed by atoms with Gasteiger partial charge in [0.1, 0.15) is 0 Å². The molecule has 37 heavy (non-hydrogen) atoms. The highest BCUT2D eigenvalue weighted by atomic mass is 32.2. The summed E-state index contributed by atoms with van der Waals surface area (Å²) in [6.07, 6.45) is 6.90. The van der Waals surface area contributed by atoms with Gasteiger partial charge in [0, 0.05) is 72.9 Å². The van der Waals surface area contributed by atoms with Gasteiger partial charge in [-0.15, -0.1) is 0 Å². The predicted molar refractivity (Wildman–Crippen MR) is 153 cm³/mol. The van der Waals surface area contributed by atoms with Gasteiger partial charge >= 0.3 is 0 Å². The molecule has 5 rings (SSSR count). The number of piperazine rings is 1. The standard InChI is InChI=1S/C28H41N7OS/c29-11-4-13-35-24-9-7-21(28(36)32-31-22-5-2-1-3-6-22)19-26(24)37-27-20-23(8-10-25(27)35)34-17-15-33(14-12-30)16-18-34/h7-10,19-20,22,31H,1-6,11-18,29-30H2,(H,32,36). The van der Waals surface area contributed by atoms with Crippen LogP contribution >= 0.6 is 11.8 Å². The first-order valence-corrected chi connectivity index (χ1v) is 14.6. The number of nitrogens with one attached hydrogen (secondary N) is 2. The molecule has 1 amide bonds. The number of nitrogens with two attached hydrogens (primary N) is 2. The van der Waals surface area contributed by atoms with E-state index in [-0.39, 0.29) is 5.91 Å². The fourth-order valence-electron chi connectivity index (χ4n) is 5.60. The average Bonchev–Trinajstić information content (AvgIpc) is 2.94. The summed E-state index contributed by atoms with van der Waals surface area (Å²) in [5.74, 6) is -0.0719. The summed E-state index contributed by atoms with van der Waals surface area (Å²) in [7, 11) is 0. The molecule has 3 aliphatic rings. The molecule has 1 saturated carbocycles. The maximum atomic E-state index is 13.0. The van der Waals surface area contributed by atoms with Crippen molar-refractivity contribution >= 4 is 34.7 Å². The van der Waals surface area contributed by atoms with E-state index in [4.69, 9.17) is 11.5 Å². The second-order valence-electron chi connectivity index (χ2n) is 10.3. The zero-order valence-electron chi connectivity index (χ0n) is 21.8. The van der Waals surface area contributed by atoms with E-state index in [0.29, 0.717) is 24.7 Å². The number of fused-ring (bicyclic) bond motifs is 2. The zero-order valence-corrected chi connectivity index (χ0v) is 22.6. The molecule has 9 heteroatoms. The van der Waals surface area contributed by atoms with Gasteiger partial charge in [-0.3, -0.25) is 15.1 Å². The van der Waals surface area contributed by atoms with E-state index in [1.54, 1.807) is 11.8 Å². The molecule has 0 atom stereocenters. The summed E-state index contributed by atoms with van der Waals surface area (Å²) < 4.78 is 0. The van der Waals surface area contributed by atoms with Crippen LogP contribution in [0.5, 0.6) is 0 Å².